The van der Waals surface area contributed by atoms with Crippen LogP contribution in [0.1, 0.15) is 13.8 Å². The summed E-state index contributed by atoms with van der Waals surface area (Å²) in [5, 5.41) is 9.71. The summed E-state index contributed by atoms with van der Waals surface area (Å²) < 4.78 is 0. The number of aliphatic hydroxyl groups is 1. The van der Waals surface area contributed by atoms with Crippen molar-refractivity contribution in [2.45, 2.75) is 26.0 Å². The van der Waals surface area contributed by atoms with Crippen LogP contribution in [-0.2, 0) is 0 Å². The number of fused-ring (bicyclic) bond motifs is 1. The van der Waals surface area contributed by atoms with Crippen LogP contribution in [0.25, 0.3) is 0 Å². The lowest BCUT2D eigenvalue weighted by atomic mass is 10.1. The van der Waals surface area contributed by atoms with Crippen LogP contribution in [0.15, 0.2) is 24.3 Å². The molecule has 0 saturated carbocycles. The summed E-state index contributed by atoms with van der Waals surface area (Å²) in [6.07, 6.45) is -0.309. The molecule has 2 unspecified atom stereocenters. The Morgan fingerprint density at radius 1 is 1.12 bits per heavy atom. The van der Waals surface area contributed by atoms with Crippen molar-refractivity contribution in [1.82, 2.24) is 0 Å². The van der Waals surface area contributed by atoms with Crippen molar-refractivity contribution in [3.63, 3.8) is 0 Å². The van der Waals surface area contributed by atoms with Gasteiger partial charge in [-0.2, -0.15) is 0 Å². The van der Waals surface area contributed by atoms with Gasteiger partial charge >= 0.3 is 0 Å². The molecule has 88 valence electrons. The monoisotopic (exact) mass is 220 g/mol. The maximum Gasteiger partial charge on any atom is 0.0712 e. The first-order chi connectivity index (χ1) is 7.61. The number of rotatable bonds is 2. The van der Waals surface area contributed by atoms with E-state index in [9.17, 15) is 5.11 Å². The average Bonchev–Trinajstić information content (AvgIpc) is 2.29. The molecule has 0 fully saturated rings. The van der Waals surface area contributed by atoms with E-state index in [4.69, 9.17) is 0 Å². The Morgan fingerprint density at radius 3 is 2.38 bits per heavy atom. The maximum absolute atomic E-state index is 9.71. The second kappa shape index (κ2) is 4.34. The van der Waals surface area contributed by atoms with E-state index >= 15 is 0 Å². The third-order valence-corrected chi connectivity index (χ3v) is 3.47. The number of anilines is 2. The van der Waals surface area contributed by atoms with Crippen LogP contribution in [0.5, 0.6) is 0 Å². The number of para-hydroxylation sites is 2. The van der Waals surface area contributed by atoms with Crippen molar-refractivity contribution >= 4 is 11.4 Å². The van der Waals surface area contributed by atoms with Gasteiger partial charge in [-0.25, -0.2) is 0 Å². The minimum Gasteiger partial charge on any atom is -0.391 e. The molecule has 0 amide bonds. The number of likely N-dealkylation sites (N-methyl/N-ethyl adjacent to an activating group) is 1. The third-order valence-electron chi connectivity index (χ3n) is 3.47. The summed E-state index contributed by atoms with van der Waals surface area (Å²) in [5.74, 6) is 0. The topological polar surface area (TPSA) is 26.7 Å². The molecule has 0 radical (unpaired) electrons. The van der Waals surface area contributed by atoms with Gasteiger partial charge in [0.25, 0.3) is 0 Å². The molecule has 0 spiro atoms. The Hall–Kier alpha value is -1.22. The van der Waals surface area contributed by atoms with E-state index in [1.807, 2.05) is 6.92 Å². The number of benzene rings is 1. The second-order valence-corrected chi connectivity index (χ2v) is 4.58. The quantitative estimate of drug-likeness (QED) is 0.822. The fourth-order valence-corrected chi connectivity index (χ4v) is 2.21. The fraction of sp³-hybridized carbons (Fsp3) is 0.538. The highest BCUT2D eigenvalue weighted by atomic mass is 16.3. The number of aliphatic hydroxyl groups excluding tert-OH is 1. The molecule has 1 aliphatic rings. The predicted molar refractivity (Wildman–Crippen MR) is 68.2 cm³/mol. The molecule has 0 aromatic heterocycles. The smallest absolute Gasteiger partial charge is 0.0712 e. The molecular formula is C13H20N2O. The highest BCUT2D eigenvalue weighted by molar-refractivity contribution is 5.73. The van der Waals surface area contributed by atoms with Crippen molar-refractivity contribution in [1.29, 1.82) is 0 Å². The van der Waals surface area contributed by atoms with Gasteiger partial charge in [0.1, 0.15) is 0 Å². The molecule has 16 heavy (non-hydrogen) atoms. The van der Waals surface area contributed by atoms with Crippen molar-refractivity contribution in [2.75, 3.05) is 29.9 Å². The molecule has 1 aliphatic heterocycles. The molecule has 2 rings (SSSR count). The molecule has 0 aliphatic carbocycles. The number of hydrogen-bond donors (Lipinski definition) is 1. The highest BCUT2D eigenvalue weighted by Gasteiger charge is 2.25. The predicted octanol–water partition coefficient (Wildman–Crippen LogP) is 1.71. The second-order valence-electron chi connectivity index (χ2n) is 4.58. The molecule has 3 nitrogen and oxygen atoms in total. The van der Waals surface area contributed by atoms with Crippen molar-refractivity contribution in [3.8, 4) is 0 Å². The van der Waals surface area contributed by atoms with Gasteiger partial charge in [0, 0.05) is 20.1 Å². The van der Waals surface area contributed by atoms with Gasteiger partial charge < -0.3 is 14.9 Å². The Bertz CT molecular complexity index is 365. The fourth-order valence-electron chi connectivity index (χ4n) is 2.21. The van der Waals surface area contributed by atoms with Gasteiger partial charge in [-0.15, -0.1) is 0 Å². The maximum atomic E-state index is 9.71. The van der Waals surface area contributed by atoms with E-state index in [2.05, 4.69) is 48.0 Å². The molecule has 1 aromatic carbocycles. The minimum atomic E-state index is -0.309. The molecule has 0 bridgehead atoms. The van der Waals surface area contributed by atoms with Gasteiger partial charge in [-0.05, 0) is 26.0 Å². The van der Waals surface area contributed by atoms with Gasteiger partial charge in [-0.3, -0.25) is 0 Å². The van der Waals surface area contributed by atoms with Gasteiger partial charge in [0.2, 0.25) is 0 Å². The van der Waals surface area contributed by atoms with Crippen molar-refractivity contribution in [2.24, 2.45) is 0 Å². The first-order valence-electron chi connectivity index (χ1n) is 5.86. The molecule has 3 heteroatoms. The molecule has 2 atom stereocenters. The SMILES string of the molecule is CC(O)C(C)N1CCN(C)c2ccccc21. The van der Waals surface area contributed by atoms with Crippen molar-refractivity contribution < 1.29 is 5.11 Å². The Kier molecular flexibility index (Phi) is 3.06. The van der Waals surface area contributed by atoms with Gasteiger partial charge in [0.15, 0.2) is 0 Å². The largest absolute Gasteiger partial charge is 0.391 e. The molecule has 1 aromatic rings. The van der Waals surface area contributed by atoms with Crippen LogP contribution in [0, 0.1) is 0 Å². The molecular weight excluding hydrogens is 200 g/mol. The zero-order valence-corrected chi connectivity index (χ0v) is 10.2. The van der Waals surface area contributed by atoms with E-state index in [0.29, 0.717) is 0 Å². The van der Waals surface area contributed by atoms with E-state index < -0.39 is 0 Å². The van der Waals surface area contributed by atoms with Gasteiger partial charge in [0.05, 0.1) is 23.5 Å². The van der Waals surface area contributed by atoms with Crippen LogP contribution < -0.4 is 9.80 Å². The summed E-state index contributed by atoms with van der Waals surface area (Å²) in [5.41, 5.74) is 2.48. The molecule has 0 saturated heterocycles. The lowest BCUT2D eigenvalue weighted by Crippen LogP contribution is -2.47. The standard InChI is InChI=1S/C13H20N2O/c1-10(11(2)16)15-9-8-14(3)12-6-4-5-7-13(12)15/h4-7,10-11,16H,8-9H2,1-3H3. The number of hydrogen-bond acceptors (Lipinski definition) is 3. The van der Waals surface area contributed by atoms with E-state index in [0.717, 1.165) is 13.1 Å². The Balaban J connectivity index is 2.34. The zero-order valence-electron chi connectivity index (χ0n) is 10.2. The van der Waals surface area contributed by atoms with Crippen LogP contribution in [0.2, 0.25) is 0 Å². The molecule has 1 N–H and O–H groups in total. The lowest BCUT2D eigenvalue weighted by molar-refractivity contribution is 0.165. The van der Waals surface area contributed by atoms with Gasteiger partial charge in [-0.1, -0.05) is 12.1 Å². The third kappa shape index (κ3) is 1.87. The van der Waals surface area contributed by atoms with Crippen LogP contribution in [0.4, 0.5) is 11.4 Å². The van der Waals surface area contributed by atoms with Crippen LogP contribution in [-0.4, -0.2) is 37.4 Å². The van der Waals surface area contributed by atoms with Crippen molar-refractivity contribution in [3.05, 3.63) is 24.3 Å². The summed E-state index contributed by atoms with van der Waals surface area (Å²) in [6, 6.07) is 8.54. The van der Waals surface area contributed by atoms with Crippen LogP contribution >= 0.6 is 0 Å². The lowest BCUT2D eigenvalue weighted by Gasteiger charge is -2.41. The Morgan fingerprint density at radius 2 is 1.75 bits per heavy atom. The first-order valence-corrected chi connectivity index (χ1v) is 5.86. The zero-order chi connectivity index (χ0) is 11.7. The highest BCUT2D eigenvalue weighted by Crippen LogP contribution is 2.33. The summed E-state index contributed by atoms with van der Waals surface area (Å²) in [7, 11) is 2.11. The Labute approximate surface area is 97.3 Å². The van der Waals surface area contributed by atoms with E-state index in [1.54, 1.807) is 0 Å². The molecule has 1 heterocycles. The van der Waals surface area contributed by atoms with Crippen LogP contribution in [0.3, 0.4) is 0 Å². The first kappa shape index (κ1) is 11.3. The summed E-state index contributed by atoms with van der Waals surface area (Å²) in [4.78, 5) is 4.56. The average molecular weight is 220 g/mol. The summed E-state index contributed by atoms with van der Waals surface area (Å²) >= 11 is 0. The van der Waals surface area contributed by atoms with E-state index in [-0.39, 0.29) is 12.1 Å². The normalized spacial score (nSPS) is 19.2. The number of nitrogens with zero attached hydrogens (tertiary/aromatic N) is 2. The van der Waals surface area contributed by atoms with E-state index in [1.165, 1.54) is 11.4 Å². The minimum absolute atomic E-state index is 0.162. The summed E-state index contributed by atoms with van der Waals surface area (Å²) in [6.45, 7) is 5.91.